The molecule has 0 spiro atoms. The number of carbonyl (C=O) groups excluding carboxylic acids is 1. The van der Waals surface area contributed by atoms with Gasteiger partial charge in [-0.15, -0.1) is 0 Å². The zero-order valence-corrected chi connectivity index (χ0v) is 29.1. The molecular formula is C36H56O13. The van der Waals surface area contributed by atoms with Gasteiger partial charge in [-0.05, 0) is 87.0 Å². The highest BCUT2D eigenvalue weighted by atomic mass is 16.7. The van der Waals surface area contributed by atoms with E-state index >= 15 is 0 Å². The van der Waals surface area contributed by atoms with Crippen LogP contribution in [0.5, 0.6) is 0 Å². The van der Waals surface area contributed by atoms with E-state index in [0.29, 0.717) is 32.3 Å². The van der Waals surface area contributed by atoms with Crippen LogP contribution in [0, 0.1) is 28.6 Å². The van der Waals surface area contributed by atoms with Crippen molar-refractivity contribution in [2.45, 2.75) is 158 Å². The van der Waals surface area contributed by atoms with E-state index in [0.717, 1.165) is 44.1 Å². The summed E-state index contributed by atoms with van der Waals surface area (Å²) in [4.78, 5) is 11.9. The van der Waals surface area contributed by atoms with Gasteiger partial charge in [0.15, 0.2) is 12.6 Å². The summed E-state index contributed by atoms with van der Waals surface area (Å²) >= 11 is 0. The summed E-state index contributed by atoms with van der Waals surface area (Å²) in [5, 5.41) is 65.4. The van der Waals surface area contributed by atoms with Gasteiger partial charge in [-0.25, -0.2) is 4.79 Å². The number of esters is 1. The third-order valence-corrected chi connectivity index (χ3v) is 14.5. The zero-order chi connectivity index (χ0) is 35.1. The van der Waals surface area contributed by atoms with E-state index in [1.165, 1.54) is 0 Å². The Morgan fingerprint density at radius 3 is 2.33 bits per heavy atom. The minimum atomic E-state index is -1.56. The molecule has 0 aromatic rings. The van der Waals surface area contributed by atoms with Crippen LogP contribution in [0.15, 0.2) is 11.6 Å². The first kappa shape index (κ1) is 36.1. The second-order valence-electron chi connectivity index (χ2n) is 16.6. The minimum Gasteiger partial charge on any atom is -0.458 e. The number of hydrogen-bond donors (Lipinski definition) is 6. The van der Waals surface area contributed by atoms with E-state index in [2.05, 4.69) is 13.8 Å². The first-order valence-corrected chi connectivity index (χ1v) is 18.3. The second kappa shape index (κ2) is 13.0. The van der Waals surface area contributed by atoms with Crippen LogP contribution in [0.1, 0.15) is 85.0 Å². The van der Waals surface area contributed by atoms with Crippen molar-refractivity contribution in [1.82, 2.24) is 0 Å². The van der Waals surface area contributed by atoms with E-state index in [-0.39, 0.29) is 40.7 Å². The number of hydrogen-bond acceptors (Lipinski definition) is 13. The summed E-state index contributed by atoms with van der Waals surface area (Å²) in [5.74, 6) is 0.0783. The lowest BCUT2D eigenvalue weighted by Gasteiger charge is -2.66. The SMILES string of the molecule is CO[C@H]1C[C@H](O[C@H]2CC[C@]3(C)[C@H]4CC[C@]5(C)[C@@H](C6=CC(=O)OC6)CC[C@]5(O)[C@H]4CC[C@]3(O)C2)O[C@H](C)[C@H]1O[C@@H]1O[C@H](CO)[C@@H](O)[C@H](O)[C@H]1O. The van der Waals surface area contributed by atoms with Crippen LogP contribution >= 0.6 is 0 Å². The summed E-state index contributed by atoms with van der Waals surface area (Å²) < 4.78 is 35.4. The number of carbonyl (C=O) groups is 1. The Bertz CT molecular complexity index is 1280. The molecule has 3 aliphatic heterocycles. The molecule has 4 aliphatic carbocycles. The fourth-order valence-corrected chi connectivity index (χ4v) is 11.5. The van der Waals surface area contributed by atoms with Gasteiger partial charge in [-0.3, -0.25) is 0 Å². The molecule has 0 bridgehead atoms. The molecule has 0 aromatic carbocycles. The molecule has 0 unspecified atom stereocenters. The number of aliphatic hydroxyl groups is 6. The van der Waals surface area contributed by atoms with Crippen molar-refractivity contribution >= 4 is 5.97 Å². The van der Waals surface area contributed by atoms with Crippen LogP contribution in [-0.4, -0.2) is 130 Å². The van der Waals surface area contributed by atoms with Gasteiger partial charge < -0.3 is 59.1 Å². The molecule has 7 aliphatic rings. The molecule has 4 saturated carbocycles. The van der Waals surface area contributed by atoms with Crippen LogP contribution in [-0.2, 0) is 33.2 Å². The lowest BCUT2D eigenvalue weighted by Crippen LogP contribution is -2.67. The molecule has 49 heavy (non-hydrogen) atoms. The lowest BCUT2D eigenvalue weighted by molar-refractivity contribution is -0.347. The molecule has 13 nitrogen and oxygen atoms in total. The zero-order valence-electron chi connectivity index (χ0n) is 29.1. The van der Waals surface area contributed by atoms with Crippen LogP contribution in [0.25, 0.3) is 0 Å². The summed E-state index contributed by atoms with van der Waals surface area (Å²) in [6.07, 6.45) is -1.10. The van der Waals surface area contributed by atoms with Gasteiger partial charge in [-0.1, -0.05) is 13.8 Å². The number of aliphatic hydroxyl groups excluding tert-OH is 4. The first-order chi connectivity index (χ1) is 23.2. The Labute approximate surface area is 287 Å². The second-order valence-corrected chi connectivity index (χ2v) is 16.6. The molecule has 6 fully saturated rings. The summed E-state index contributed by atoms with van der Waals surface area (Å²) in [7, 11) is 1.55. The van der Waals surface area contributed by atoms with Crippen molar-refractivity contribution in [3.63, 3.8) is 0 Å². The van der Waals surface area contributed by atoms with Gasteiger partial charge >= 0.3 is 5.97 Å². The highest BCUT2D eigenvalue weighted by Crippen LogP contribution is 2.70. The standard InChI is InChI=1S/C36H56O13/c1-18-31(49-32-30(41)29(40)28(39)25(16-37)48-32)24(44-4)14-27(46-18)47-20-5-9-33(2)22-6-10-34(3)21(19-13-26(38)45-17-19)8-12-36(34,43)23(22)7-11-35(33,42)15-20/h13,18,20-25,27-32,37,39-43H,5-12,14-17H2,1-4H3/t18-,20+,21-,22+,23+,24+,25-,27+,28-,29+,30-,31-,32+,33-,34-,35+,36+/m1/s1. The number of rotatable bonds is 7. The van der Waals surface area contributed by atoms with Crippen molar-refractivity contribution < 1.29 is 63.9 Å². The smallest absolute Gasteiger partial charge is 0.331 e. The molecule has 3 heterocycles. The topological polar surface area (TPSA) is 194 Å². The van der Waals surface area contributed by atoms with E-state index in [1.807, 2.05) is 0 Å². The summed E-state index contributed by atoms with van der Waals surface area (Å²) in [5.41, 5.74) is -1.52. The first-order valence-electron chi connectivity index (χ1n) is 18.3. The predicted octanol–water partition coefficient (Wildman–Crippen LogP) is 1.08. The maximum absolute atomic E-state index is 12.5. The van der Waals surface area contributed by atoms with Gasteiger partial charge in [0.1, 0.15) is 37.1 Å². The number of methoxy groups -OCH3 is 1. The molecule has 0 radical (unpaired) electrons. The highest BCUT2D eigenvalue weighted by Gasteiger charge is 2.70. The molecule has 7 rings (SSSR count). The van der Waals surface area contributed by atoms with Crippen LogP contribution in [0.4, 0.5) is 0 Å². The monoisotopic (exact) mass is 696 g/mol. The summed E-state index contributed by atoms with van der Waals surface area (Å²) in [6, 6.07) is 0. The maximum Gasteiger partial charge on any atom is 0.331 e. The fourth-order valence-electron chi connectivity index (χ4n) is 11.5. The van der Waals surface area contributed by atoms with Crippen LogP contribution < -0.4 is 0 Å². The van der Waals surface area contributed by atoms with E-state index in [9.17, 15) is 35.4 Å². The van der Waals surface area contributed by atoms with Gasteiger partial charge in [0, 0.05) is 31.4 Å². The molecule has 0 aromatic heterocycles. The van der Waals surface area contributed by atoms with Crippen molar-refractivity contribution in [2.24, 2.45) is 28.6 Å². The normalized spacial score (nSPS) is 54.4. The molecule has 13 heteroatoms. The van der Waals surface area contributed by atoms with E-state index in [4.69, 9.17) is 28.4 Å². The fraction of sp³-hybridized carbons (Fsp3) is 0.917. The van der Waals surface area contributed by atoms with Gasteiger partial charge in [0.25, 0.3) is 0 Å². The van der Waals surface area contributed by atoms with Gasteiger partial charge in [-0.2, -0.15) is 0 Å². The van der Waals surface area contributed by atoms with Gasteiger partial charge in [0.05, 0.1) is 36.1 Å². The minimum absolute atomic E-state index is 0.0724. The molecule has 278 valence electrons. The van der Waals surface area contributed by atoms with Crippen molar-refractivity contribution in [2.75, 3.05) is 20.3 Å². The van der Waals surface area contributed by atoms with E-state index in [1.54, 1.807) is 20.1 Å². The average Bonchev–Trinajstić information content (AvgIpc) is 3.61. The average molecular weight is 697 g/mol. The Balaban J connectivity index is 0.994. The Morgan fingerprint density at radius 1 is 0.898 bits per heavy atom. The van der Waals surface area contributed by atoms with Crippen LogP contribution in [0.2, 0.25) is 0 Å². The Hall–Kier alpha value is -1.23. The third kappa shape index (κ3) is 5.65. The number of fused-ring (bicyclic) bond motifs is 5. The van der Waals surface area contributed by atoms with Crippen LogP contribution in [0.3, 0.4) is 0 Å². The molecule has 0 amide bonds. The van der Waals surface area contributed by atoms with Gasteiger partial charge in [0.2, 0.25) is 0 Å². The van der Waals surface area contributed by atoms with Crippen molar-refractivity contribution in [3.05, 3.63) is 11.6 Å². The lowest BCUT2D eigenvalue weighted by atomic mass is 9.42. The molecular weight excluding hydrogens is 640 g/mol. The Morgan fingerprint density at radius 2 is 1.63 bits per heavy atom. The largest absolute Gasteiger partial charge is 0.458 e. The molecule has 6 N–H and O–H groups in total. The number of cyclic esters (lactones) is 1. The quantitative estimate of drug-likeness (QED) is 0.164. The predicted molar refractivity (Wildman–Crippen MR) is 170 cm³/mol. The van der Waals surface area contributed by atoms with Crippen molar-refractivity contribution in [3.8, 4) is 0 Å². The highest BCUT2D eigenvalue weighted by molar-refractivity contribution is 5.85. The maximum atomic E-state index is 12.5. The summed E-state index contributed by atoms with van der Waals surface area (Å²) in [6.45, 7) is 5.98. The van der Waals surface area contributed by atoms with Crippen molar-refractivity contribution in [1.29, 1.82) is 0 Å². The third-order valence-electron chi connectivity index (χ3n) is 14.5. The Kier molecular flexibility index (Phi) is 9.60. The number of ether oxygens (including phenoxy) is 6. The molecule has 2 saturated heterocycles. The molecule has 17 atom stereocenters. The van der Waals surface area contributed by atoms with E-state index < -0.39 is 73.1 Å².